The van der Waals surface area contributed by atoms with E-state index < -0.39 is 0 Å². The monoisotopic (exact) mass is 374 g/mol. The summed E-state index contributed by atoms with van der Waals surface area (Å²) in [4.78, 5) is 2.75. The second-order valence-corrected chi connectivity index (χ2v) is 9.01. The van der Waals surface area contributed by atoms with Crippen molar-refractivity contribution in [3.05, 3.63) is 71.8 Å². The summed E-state index contributed by atoms with van der Waals surface area (Å²) in [5.74, 6) is 1.13. The molecule has 0 aromatic heterocycles. The van der Waals surface area contributed by atoms with Gasteiger partial charge in [0.05, 0.1) is 5.71 Å². The molecular weight excluding hydrogens is 344 g/mol. The maximum Gasteiger partial charge on any atom is 0.0632 e. The highest BCUT2D eigenvalue weighted by Crippen LogP contribution is 2.58. The first-order valence-corrected chi connectivity index (χ1v) is 10.9. The van der Waals surface area contributed by atoms with Crippen molar-refractivity contribution in [2.75, 3.05) is 13.1 Å². The lowest BCUT2D eigenvalue weighted by atomic mass is 9.52. The number of hydrogen-bond donors (Lipinski definition) is 1. The van der Waals surface area contributed by atoms with E-state index >= 15 is 0 Å². The molecule has 1 saturated heterocycles. The van der Waals surface area contributed by atoms with Gasteiger partial charge in [0.1, 0.15) is 0 Å². The molecule has 3 aliphatic carbocycles. The summed E-state index contributed by atoms with van der Waals surface area (Å²) in [5, 5.41) is 13.9. The Morgan fingerprint density at radius 1 is 0.786 bits per heavy atom. The summed E-state index contributed by atoms with van der Waals surface area (Å²) in [6.07, 6.45) is 7.24. The average molecular weight is 375 g/mol. The standard InChI is InChI=1S/C25H30N2O/c28-26-23-18-25(27-14-8-3-9-15-27)16-21(19-10-4-1-5-11-19)24(23)22(17-25)20-12-6-2-7-13-20/h1-2,4-7,10-13,21-22,24,28H,3,8-9,14-18H2/b26-23+/t21-,22-,24?,25?/m0/s1. The zero-order chi connectivity index (χ0) is 19.0. The molecule has 3 nitrogen and oxygen atoms in total. The zero-order valence-corrected chi connectivity index (χ0v) is 16.5. The molecule has 2 aromatic carbocycles. The Balaban J connectivity index is 1.62. The molecule has 0 radical (unpaired) electrons. The molecule has 4 fully saturated rings. The average Bonchev–Trinajstić information content (AvgIpc) is 2.80. The van der Waals surface area contributed by atoms with E-state index in [9.17, 15) is 5.21 Å². The second-order valence-electron chi connectivity index (χ2n) is 9.01. The summed E-state index contributed by atoms with van der Waals surface area (Å²) < 4.78 is 0. The molecule has 3 saturated carbocycles. The first-order valence-electron chi connectivity index (χ1n) is 10.9. The normalized spacial score (nSPS) is 34.6. The lowest BCUT2D eigenvalue weighted by Gasteiger charge is -2.60. The summed E-state index contributed by atoms with van der Waals surface area (Å²) in [6, 6.07) is 21.9. The van der Waals surface area contributed by atoms with E-state index in [0.717, 1.165) is 12.1 Å². The smallest absolute Gasteiger partial charge is 0.0632 e. The first kappa shape index (κ1) is 17.9. The minimum atomic E-state index is 0.123. The van der Waals surface area contributed by atoms with Gasteiger partial charge >= 0.3 is 0 Å². The van der Waals surface area contributed by atoms with Crippen molar-refractivity contribution >= 4 is 5.71 Å². The number of likely N-dealkylation sites (tertiary alicyclic amines) is 1. The third kappa shape index (κ3) is 2.97. The number of fused-ring (bicyclic) bond motifs is 3. The minimum absolute atomic E-state index is 0.123. The highest BCUT2D eigenvalue weighted by atomic mass is 16.4. The Kier molecular flexibility index (Phi) is 4.72. The predicted molar refractivity (Wildman–Crippen MR) is 113 cm³/mol. The van der Waals surface area contributed by atoms with Crippen molar-refractivity contribution in [1.29, 1.82) is 0 Å². The molecule has 1 aliphatic heterocycles. The van der Waals surface area contributed by atoms with E-state index in [1.165, 1.54) is 56.3 Å². The molecule has 1 N–H and O–H groups in total. The van der Waals surface area contributed by atoms with Gasteiger partial charge in [-0.2, -0.15) is 0 Å². The van der Waals surface area contributed by atoms with Gasteiger partial charge in [-0.3, -0.25) is 4.90 Å². The van der Waals surface area contributed by atoms with Gasteiger partial charge < -0.3 is 5.21 Å². The van der Waals surface area contributed by atoms with Crippen LogP contribution in [0, 0.1) is 5.92 Å². The number of rotatable bonds is 3. The molecule has 0 spiro atoms. The molecule has 0 amide bonds. The van der Waals surface area contributed by atoms with Gasteiger partial charge in [-0.1, -0.05) is 72.2 Å². The molecule has 1 heterocycles. The van der Waals surface area contributed by atoms with Gasteiger partial charge in [-0.15, -0.1) is 0 Å². The van der Waals surface area contributed by atoms with Crippen molar-refractivity contribution in [3.63, 3.8) is 0 Å². The van der Waals surface area contributed by atoms with Crippen LogP contribution in [-0.4, -0.2) is 34.4 Å². The zero-order valence-electron chi connectivity index (χ0n) is 16.5. The van der Waals surface area contributed by atoms with Crippen LogP contribution in [0.15, 0.2) is 65.8 Å². The SMILES string of the molecule is O/N=C1\CC2(N3CCCCC3)C[C@@H](c3ccccc3)C1[C@H](c1ccccc1)C2. The maximum absolute atomic E-state index is 10.0. The lowest BCUT2D eigenvalue weighted by Crippen LogP contribution is -2.62. The topological polar surface area (TPSA) is 35.8 Å². The van der Waals surface area contributed by atoms with E-state index in [-0.39, 0.29) is 5.54 Å². The van der Waals surface area contributed by atoms with E-state index in [1.54, 1.807) is 0 Å². The Bertz CT molecular complexity index is 777. The van der Waals surface area contributed by atoms with Crippen LogP contribution in [0.3, 0.4) is 0 Å². The third-order valence-corrected chi connectivity index (χ3v) is 7.57. The summed E-state index contributed by atoms with van der Waals surface area (Å²) >= 11 is 0. The summed E-state index contributed by atoms with van der Waals surface area (Å²) in [7, 11) is 0. The van der Waals surface area contributed by atoms with Crippen molar-refractivity contribution in [2.24, 2.45) is 11.1 Å². The fraction of sp³-hybridized carbons (Fsp3) is 0.480. The van der Waals surface area contributed by atoms with Crippen LogP contribution in [0.5, 0.6) is 0 Å². The van der Waals surface area contributed by atoms with Gasteiger partial charge in [-0.05, 0) is 61.7 Å². The molecule has 6 rings (SSSR count). The number of hydrogen-bond acceptors (Lipinski definition) is 3. The molecule has 28 heavy (non-hydrogen) atoms. The third-order valence-electron chi connectivity index (χ3n) is 7.57. The Morgan fingerprint density at radius 3 is 1.82 bits per heavy atom. The molecule has 2 bridgehead atoms. The van der Waals surface area contributed by atoms with Crippen molar-refractivity contribution in [3.8, 4) is 0 Å². The number of oxime groups is 1. The van der Waals surface area contributed by atoms with Crippen LogP contribution in [0.2, 0.25) is 0 Å². The minimum Gasteiger partial charge on any atom is -0.411 e. The largest absolute Gasteiger partial charge is 0.411 e. The predicted octanol–water partition coefficient (Wildman–Crippen LogP) is 5.42. The van der Waals surface area contributed by atoms with E-state index in [4.69, 9.17) is 0 Å². The van der Waals surface area contributed by atoms with Gasteiger partial charge in [0.25, 0.3) is 0 Å². The number of piperidine rings is 1. The quantitative estimate of drug-likeness (QED) is 0.575. The molecular formula is C25H30N2O. The fourth-order valence-corrected chi connectivity index (χ4v) is 6.39. The Labute approximate surface area is 168 Å². The Hall–Kier alpha value is -2.13. The van der Waals surface area contributed by atoms with Crippen LogP contribution in [0.1, 0.15) is 61.5 Å². The second kappa shape index (κ2) is 7.36. The molecule has 0 unspecified atom stereocenters. The van der Waals surface area contributed by atoms with Gasteiger partial charge in [0.2, 0.25) is 0 Å². The number of benzene rings is 2. The van der Waals surface area contributed by atoms with Crippen LogP contribution < -0.4 is 0 Å². The maximum atomic E-state index is 10.0. The lowest BCUT2D eigenvalue weighted by molar-refractivity contribution is -0.00199. The van der Waals surface area contributed by atoms with Crippen LogP contribution in [-0.2, 0) is 0 Å². The highest BCUT2D eigenvalue weighted by Gasteiger charge is 2.57. The van der Waals surface area contributed by atoms with Crippen LogP contribution in [0.25, 0.3) is 0 Å². The molecule has 2 aromatic rings. The fourth-order valence-electron chi connectivity index (χ4n) is 6.39. The molecule has 3 heteroatoms. The van der Waals surface area contributed by atoms with Gasteiger partial charge in [-0.25, -0.2) is 0 Å². The van der Waals surface area contributed by atoms with Gasteiger partial charge in [0, 0.05) is 17.9 Å². The van der Waals surface area contributed by atoms with E-state index in [2.05, 4.69) is 70.7 Å². The van der Waals surface area contributed by atoms with Crippen molar-refractivity contribution < 1.29 is 5.21 Å². The summed E-state index contributed by atoms with van der Waals surface area (Å²) in [5.41, 5.74) is 3.94. The van der Waals surface area contributed by atoms with Crippen molar-refractivity contribution in [1.82, 2.24) is 4.90 Å². The highest BCUT2D eigenvalue weighted by molar-refractivity contribution is 5.91. The number of nitrogens with zero attached hydrogens (tertiary/aromatic N) is 2. The summed E-state index contributed by atoms with van der Waals surface area (Å²) in [6.45, 7) is 2.37. The van der Waals surface area contributed by atoms with E-state index in [0.29, 0.717) is 17.8 Å². The first-order chi connectivity index (χ1) is 13.8. The van der Waals surface area contributed by atoms with Gasteiger partial charge in [0.15, 0.2) is 0 Å². The molecule has 146 valence electrons. The molecule has 2 atom stereocenters. The molecule has 4 aliphatic rings. The van der Waals surface area contributed by atoms with E-state index in [1.807, 2.05) is 0 Å². The van der Waals surface area contributed by atoms with Crippen LogP contribution >= 0.6 is 0 Å². The Morgan fingerprint density at radius 2 is 1.32 bits per heavy atom. The van der Waals surface area contributed by atoms with Crippen molar-refractivity contribution in [2.45, 2.75) is 55.9 Å². The van der Waals surface area contributed by atoms with Crippen LogP contribution in [0.4, 0.5) is 0 Å².